The number of aromatic nitrogens is 8. The molecule has 156 valence electrons. The Hall–Kier alpha value is -3.72. The van der Waals surface area contributed by atoms with Gasteiger partial charge in [0, 0.05) is 23.3 Å². The van der Waals surface area contributed by atoms with E-state index in [-0.39, 0.29) is 5.54 Å². The van der Waals surface area contributed by atoms with E-state index >= 15 is 0 Å². The first-order valence-corrected chi connectivity index (χ1v) is 10.2. The fraction of sp³-hybridized carbons (Fsp3) is 0.273. The highest BCUT2D eigenvalue weighted by molar-refractivity contribution is 5.79. The largest absolute Gasteiger partial charge is 0.330 e. The van der Waals surface area contributed by atoms with Crippen LogP contribution >= 0.6 is 0 Å². The number of hydrogen-bond acceptors (Lipinski definition) is 7. The summed E-state index contributed by atoms with van der Waals surface area (Å²) in [5.41, 5.74) is 10.4. The first kappa shape index (κ1) is 19.3. The number of hydrogen-bond donors (Lipinski definition) is 1. The zero-order chi connectivity index (χ0) is 21.4. The molecule has 0 fully saturated rings. The molecule has 31 heavy (non-hydrogen) atoms. The van der Waals surface area contributed by atoms with Crippen molar-refractivity contribution in [1.82, 2.24) is 39.7 Å². The molecule has 0 atom stereocenters. The van der Waals surface area contributed by atoms with Crippen LogP contribution in [-0.2, 0) is 12.1 Å². The van der Waals surface area contributed by atoms with Gasteiger partial charge in [-0.3, -0.25) is 9.67 Å². The van der Waals surface area contributed by atoms with E-state index in [2.05, 4.69) is 45.3 Å². The SMILES string of the molecule is CC(C)(CCN)n1cc(-c2cnc3nnn(Cc4ccc5ncccc5c4)c3n2)cn1. The van der Waals surface area contributed by atoms with E-state index in [0.717, 1.165) is 34.1 Å². The molecular formula is C22H23N9. The third-order valence-corrected chi connectivity index (χ3v) is 5.48. The van der Waals surface area contributed by atoms with E-state index in [0.29, 0.717) is 24.4 Å². The smallest absolute Gasteiger partial charge is 0.221 e. The third-order valence-electron chi connectivity index (χ3n) is 5.48. The van der Waals surface area contributed by atoms with Gasteiger partial charge < -0.3 is 5.73 Å². The topological polar surface area (TPSA) is 113 Å². The maximum absolute atomic E-state index is 5.75. The van der Waals surface area contributed by atoms with Gasteiger partial charge in [-0.1, -0.05) is 17.3 Å². The van der Waals surface area contributed by atoms with Gasteiger partial charge in [0.25, 0.3) is 0 Å². The summed E-state index contributed by atoms with van der Waals surface area (Å²) in [6, 6.07) is 10.1. The molecule has 0 spiro atoms. The highest BCUT2D eigenvalue weighted by atomic mass is 15.4. The highest BCUT2D eigenvalue weighted by Crippen LogP contribution is 2.24. The molecule has 9 heteroatoms. The van der Waals surface area contributed by atoms with Crippen LogP contribution in [0.25, 0.3) is 33.5 Å². The lowest BCUT2D eigenvalue weighted by atomic mass is 10.0. The number of nitrogens with two attached hydrogens (primary N) is 1. The maximum Gasteiger partial charge on any atom is 0.221 e. The molecule has 2 N–H and O–H groups in total. The Labute approximate surface area is 178 Å². The fourth-order valence-corrected chi connectivity index (χ4v) is 3.65. The molecule has 5 rings (SSSR count). The van der Waals surface area contributed by atoms with Gasteiger partial charge in [-0.25, -0.2) is 14.6 Å². The van der Waals surface area contributed by atoms with E-state index < -0.39 is 0 Å². The van der Waals surface area contributed by atoms with E-state index in [1.165, 1.54) is 0 Å². The van der Waals surface area contributed by atoms with Crippen LogP contribution in [0.4, 0.5) is 0 Å². The summed E-state index contributed by atoms with van der Waals surface area (Å²) in [5, 5.41) is 14.0. The summed E-state index contributed by atoms with van der Waals surface area (Å²) in [4.78, 5) is 13.6. The van der Waals surface area contributed by atoms with Crippen LogP contribution in [0.15, 0.2) is 55.1 Å². The monoisotopic (exact) mass is 413 g/mol. The molecule has 0 unspecified atom stereocenters. The van der Waals surface area contributed by atoms with Gasteiger partial charge in [-0.15, -0.1) is 5.10 Å². The molecule has 0 aliphatic rings. The normalized spacial score (nSPS) is 12.1. The second kappa shape index (κ2) is 7.51. The number of fused-ring (bicyclic) bond motifs is 2. The van der Waals surface area contributed by atoms with Gasteiger partial charge in [-0.05, 0) is 50.6 Å². The predicted octanol–water partition coefficient (Wildman–Crippen LogP) is 2.77. The molecule has 9 nitrogen and oxygen atoms in total. The van der Waals surface area contributed by atoms with Crippen molar-refractivity contribution in [1.29, 1.82) is 0 Å². The van der Waals surface area contributed by atoms with Crippen molar-refractivity contribution in [3.63, 3.8) is 0 Å². The highest BCUT2D eigenvalue weighted by Gasteiger charge is 2.21. The average molecular weight is 413 g/mol. The lowest BCUT2D eigenvalue weighted by Crippen LogP contribution is -2.29. The summed E-state index contributed by atoms with van der Waals surface area (Å²) in [7, 11) is 0. The molecule has 5 aromatic rings. The third kappa shape index (κ3) is 3.64. The molecule has 0 aliphatic heterocycles. The van der Waals surface area contributed by atoms with Crippen molar-refractivity contribution in [3.8, 4) is 11.3 Å². The van der Waals surface area contributed by atoms with Crippen molar-refractivity contribution in [2.75, 3.05) is 6.54 Å². The molecule has 0 aliphatic carbocycles. The van der Waals surface area contributed by atoms with Crippen molar-refractivity contribution in [2.45, 2.75) is 32.4 Å². The maximum atomic E-state index is 5.75. The van der Waals surface area contributed by atoms with Gasteiger partial charge in [-0.2, -0.15) is 5.10 Å². The molecular weight excluding hydrogens is 390 g/mol. The molecule has 1 aromatic carbocycles. The minimum atomic E-state index is -0.168. The van der Waals surface area contributed by atoms with E-state index in [1.807, 2.05) is 35.1 Å². The van der Waals surface area contributed by atoms with Gasteiger partial charge in [0.15, 0.2) is 5.65 Å². The zero-order valence-corrected chi connectivity index (χ0v) is 17.5. The van der Waals surface area contributed by atoms with E-state index in [9.17, 15) is 0 Å². The van der Waals surface area contributed by atoms with Crippen LogP contribution in [0.5, 0.6) is 0 Å². The Morgan fingerprint density at radius 3 is 2.87 bits per heavy atom. The second-order valence-electron chi connectivity index (χ2n) is 8.20. The first-order valence-electron chi connectivity index (χ1n) is 10.2. The van der Waals surface area contributed by atoms with Crippen LogP contribution in [-0.4, -0.2) is 46.3 Å². The Morgan fingerprint density at radius 2 is 2.00 bits per heavy atom. The summed E-state index contributed by atoms with van der Waals surface area (Å²) in [6.07, 6.45) is 8.12. The predicted molar refractivity (Wildman–Crippen MR) is 118 cm³/mol. The van der Waals surface area contributed by atoms with Crippen LogP contribution < -0.4 is 5.73 Å². The van der Waals surface area contributed by atoms with Crippen LogP contribution in [0, 0.1) is 0 Å². The number of rotatable bonds is 6. The summed E-state index contributed by atoms with van der Waals surface area (Å²) >= 11 is 0. The lowest BCUT2D eigenvalue weighted by Gasteiger charge is -2.24. The van der Waals surface area contributed by atoms with Gasteiger partial charge in [0.1, 0.15) is 0 Å². The van der Waals surface area contributed by atoms with E-state index in [1.54, 1.807) is 23.3 Å². The van der Waals surface area contributed by atoms with Crippen molar-refractivity contribution in [3.05, 3.63) is 60.7 Å². The number of pyridine rings is 1. The lowest BCUT2D eigenvalue weighted by molar-refractivity contribution is 0.300. The molecule has 0 bridgehead atoms. The first-order chi connectivity index (χ1) is 15.0. The fourth-order valence-electron chi connectivity index (χ4n) is 3.65. The zero-order valence-electron chi connectivity index (χ0n) is 17.5. The summed E-state index contributed by atoms with van der Waals surface area (Å²) < 4.78 is 3.70. The standard InChI is InChI=1S/C22H23N9/c1-22(2,7-8-23)31-14-17(11-26-31)19-12-25-20-21(27-19)30(29-28-20)13-15-5-6-18-16(10-15)4-3-9-24-18/h3-6,9-12,14H,7-8,13,23H2,1-2H3. The second-order valence-corrected chi connectivity index (χ2v) is 8.20. The van der Waals surface area contributed by atoms with Crippen molar-refractivity contribution in [2.24, 2.45) is 5.73 Å². The average Bonchev–Trinajstić information content (AvgIpc) is 3.42. The van der Waals surface area contributed by atoms with Gasteiger partial charge >= 0.3 is 0 Å². The Bertz CT molecular complexity index is 1370. The molecule has 4 aromatic heterocycles. The summed E-state index contributed by atoms with van der Waals surface area (Å²) in [5.74, 6) is 0. The molecule has 0 saturated carbocycles. The Balaban J connectivity index is 1.48. The Kier molecular flexibility index (Phi) is 4.67. The van der Waals surface area contributed by atoms with Crippen LogP contribution in [0.2, 0.25) is 0 Å². The quantitative estimate of drug-likeness (QED) is 0.455. The van der Waals surface area contributed by atoms with E-state index in [4.69, 9.17) is 10.7 Å². The van der Waals surface area contributed by atoms with Crippen LogP contribution in [0.1, 0.15) is 25.8 Å². The molecule has 0 saturated heterocycles. The molecule has 4 heterocycles. The Morgan fingerprint density at radius 1 is 1.10 bits per heavy atom. The molecule has 0 amide bonds. The minimum Gasteiger partial charge on any atom is -0.330 e. The number of benzene rings is 1. The van der Waals surface area contributed by atoms with Crippen LogP contribution in [0.3, 0.4) is 0 Å². The minimum absolute atomic E-state index is 0.168. The summed E-state index contributed by atoms with van der Waals surface area (Å²) in [6.45, 7) is 5.37. The number of nitrogens with zero attached hydrogens (tertiary/aromatic N) is 8. The van der Waals surface area contributed by atoms with Crippen molar-refractivity contribution < 1.29 is 0 Å². The molecule has 0 radical (unpaired) electrons. The van der Waals surface area contributed by atoms with Gasteiger partial charge in [0.05, 0.1) is 35.7 Å². The van der Waals surface area contributed by atoms with Crippen molar-refractivity contribution >= 4 is 22.2 Å². The van der Waals surface area contributed by atoms with Gasteiger partial charge in [0.2, 0.25) is 5.65 Å².